The van der Waals surface area contributed by atoms with Gasteiger partial charge in [0.25, 0.3) is 5.91 Å². The van der Waals surface area contributed by atoms with Crippen molar-refractivity contribution in [2.24, 2.45) is 16.0 Å². The van der Waals surface area contributed by atoms with E-state index >= 15 is 0 Å². The van der Waals surface area contributed by atoms with Crippen LogP contribution in [0.4, 0.5) is 4.39 Å². The lowest BCUT2D eigenvalue weighted by atomic mass is 10.1. The fraction of sp³-hybridized carbons (Fsp3) is 0.217. The lowest BCUT2D eigenvalue weighted by Gasteiger charge is -2.20. The third kappa shape index (κ3) is 4.81. The summed E-state index contributed by atoms with van der Waals surface area (Å²) in [5.74, 6) is 0.207. The number of nitrogens with zero attached hydrogens (tertiary/aromatic N) is 3. The van der Waals surface area contributed by atoms with Crippen LogP contribution in [0.2, 0.25) is 0 Å². The maximum Gasteiger partial charge on any atom is 0.283 e. The van der Waals surface area contributed by atoms with E-state index in [-0.39, 0.29) is 29.8 Å². The van der Waals surface area contributed by atoms with E-state index in [1.807, 2.05) is 13.8 Å². The number of benzene rings is 2. The largest absolute Gasteiger partial charge is 0.493 e. The summed E-state index contributed by atoms with van der Waals surface area (Å²) in [5.41, 5.74) is 1.20. The van der Waals surface area contributed by atoms with Gasteiger partial charge < -0.3 is 9.47 Å². The number of ether oxygens (including phenoxy) is 2. The smallest absolute Gasteiger partial charge is 0.283 e. The van der Waals surface area contributed by atoms with E-state index in [0.717, 1.165) is 5.04 Å². The first kappa shape index (κ1) is 23.4. The first-order chi connectivity index (χ1) is 15.8. The van der Waals surface area contributed by atoms with Gasteiger partial charge in [-0.25, -0.2) is 4.39 Å². The molecule has 0 unspecified atom stereocenters. The second-order valence-corrected chi connectivity index (χ2v) is 9.68. The van der Waals surface area contributed by atoms with Crippen molar-refractivity contribution in [3.63, 3.8) is 0 Å². The van der Waals surface area contributed by atoms with Crippen molar-refractivity contribution < 1.29 is 18.7 Å². The number of nitrogens with one attached hydrogen (secondary N) is 1. The van der Waals surface area contributed by atoms with E-state index in [9.17, 15) is 9.18 Å². The average Bonchev–Trinajstić information content (AvgIpc) is 3.21. The number of fused-ring (bicyclic) bond motifs is 1. The molecule has 0 atom stereocenters. The van der Waals surface area contributed by atoms with Crippen LogP contribution < -0.4 is 9.47 Å². The quantitative estimate of drug-likeness (QED) is 0.372. The van der Waals surface area contributed by atoms with Crippen LogP contribution in [0.25, 0.3) is 6.08 Å². The molecule has 2 aromatic carbocycles. The Morgan fingerprint density at radius 1 is 1.30 bits per heavy atom. The number of halogens is 2. The molecule has 4 rings (SSSR count). The Balaban J connectivity index is 1.62. The van der Waals surface area contributed by atoms with Gasteiger partial charge in [-0.05, 0) is 64.2 Å². The number of carbonyl (C=O) groups is 1. The molecule has 0 aliphatic carbocycles. The fourth-order valence-electron chi connectivity index (χ4n) is 3.14. The maximum absolute atomic E-state index is 13.9. The third-order valence-corrected chi connectivity index (χ3v) is 6.87. The molecular formula is C23H20FIN4O3S. The molecule has 2 aliphatic rings. The van der Waals surface area contributed by atoms with Crippen LogP contribution in [-0.4, -0.2) is 34.1 Å². The Morgan fingerprint density at radius 3 is 2.76 bits per heavy atom. The standard InChI is InChI=1S/C23H20FIN4O3S/c1-12(2)22-28-29-20(26)15(21(30)27-23(29)33-22)8-13-9-17(25)19(18(10-13)31-3)32-11-14-6-4-5-7-16(14)24/h4-10,12,26H,11H2,1-3H3/b15-8-,26-20?. The fourth-order valence-corrected chi connectivity index (χ4v) is 4.81. The monoisotopic (exact) mass is 578 g/mol. The van der Waals surface area contributed by atoms with Crippen LogP contribution in [-0.2, 0) is 11.4 Å². The van der Waals surface area contributed by atoms with Crippen molar-refractivity contribution in [1.29, 1.82) is 5.41 Å². The lowest BCUT2D eigenvalue weighted by molar-refractivity contribution is -0.114. The lowest BCUT2D eigenvalue weighted by Crippen LogP contribution is -2.35. The summed E-state index contributed by atoms with van der Waals surface area (Å²) in [5, 5.41) is 15.5. The van der Waals surface area contributed by atoms with E-state index in [1.165, 1.54) is 29.9 Å². The highest BCUT2D eigenvalue weighted by Crippen LogP contribution is 2.36. The molecule has 33 heavy (non-hydrogen) atoms. The maximum atomic E-state index is 13.9. The molecule has 0 fully saturated rings. The van der Waals surface area contributed by atoms with Crippen molar-refractivity contribution in [2.75, 3.05) is 7.11 Å². The summed E-state index contributed by atoms with van der Waals surface area (Å²) in [7, 11) is 1.51. The molecule has 7 nitrogen and oxygen atoms in total. The number of rotatable bonds is 6. The molecule has 10 heteroatoms. The average molecular weight is 578 g/mol. The third-order valence-electron chi connectivity index (χ3n) is 4.86. The van der Waals surface area contributed by atoms with Gasteiger partial charge in [0.1, 0.15) is 17.5 Å². The highest BCUT2D eigenvalue weighted by molar-refractivity contribution is 14.1. The Labute approximate surface area is 208 Å². The number of hydrogen-bond donors (Lipinski definition) is 1. The summed E-state index contributed by atoms with van der Waals surface area (Å²) in [4.78, 5) is 16.8. The van der Waals surface area contributed by atoms with Gasteiger partial charge in [0, 0.05) is 11.5 Å². The van der Waals surface area contributed by atoms with Gasteiger partial charge in [-0.3, -0.25) is 10.2 Å². The molecule has 1 amide bonds. The van der Waals surface area contributed by atoms with Crippen molar-refractivity contribution in [2.45, 2.75) is 20.5 Å². The zero-order valence-electron chi connectivity index (χ0n) is 18.1. The topological polar surface area (TPSA) is 87.3 Å². The first-order valence-electron chi connectivity index (χ1n) is 10.0. The van der Waals surface area contributed by atoms with Crippen molar-refractivity contribution in [3.8, 4) is 11.5 Å². The summed E-state index contributed by atoms with van der Waals surface area (Å²) in [6, 6.07) is 9.91. The van der Waals surface area contributed by atoms with E-state index in [4.69, 9.17) is 14.9 Å². The molecule has 0 saturated carbocycles. The highest BCUT2D eigenvalue weighted by atomic mass is 127. The van der Waals surface area contributed by atoms with Crippen LogP contribution in [0, 0.1) is 20.7 Å². The zero-order chi connectivity index (χ0) is 23.7. The predicted molar refractivity (Wildman–Crippen MR) is 136 cm³/mol. The highest BCUT2D eigenvalue weighted by Gasteiger charge is 2.36. The number of aliphatic imine (C=N–C) groups is 1. The zero-order valence-corrected chi connectivity index (χ0v) is 21.0. The van der Waals surface area contributed by atoms with Crippen LogP contribution in [0.5, 0.6) is 11.5 Å². The Hall–Kier alpha value is -2.73. The molecule has 1 N–H and O–H groups in total. The summed E-state index contributed by atoms with van der Waals surface area (Å²) < 4.78 is 26.0. The minimum Gasteiger partial charge on any atom is -0.493 e. The number of hydrogen-bond acceptors (Lipinski definition) is 6. The molecular weight excluding hydrogens is 558 g/mol. The SMILES string of the molecule is COc1cc(/C=C2/C(=N)N3N=C(C(C)C)SC3=NC2=O)cc(I)c1OCc1ccccc1F. The van der Waals surface area contributed by atoms with Gasteiger partial charge in [0.15, 0.2) is 17.3 Å². The molecule has 2 aromatic rings. The van der Waals surface area contributed by atoms with Gasteiger partial charge in [0.2, 0.25) is 5.17 Å². The Kier molecular flexibility index (Phi) is 6.84. The van der Waals surface area contributed by atoms with Crippen LogP contribution in [0.3, 0.4) is 0 Å². The van der Waals surface area contributed by atoms with Gasteiger partial charge in [0.05, 0.1) is 16.3 Å². The molecule has 0 bridgehead atoms. The second-order valence-electron chi connectivity index (χ2n) is 7.53. The molecule has 0 saturated heterocycles. The molecule has 2 aliphatic heterocycles. The number of amidine groups is 2. The Morgan fingerprint density at radius 2 is 2.06 bits per heavy atom. The van der Waals surface area contributed by atoms with Crippen molar-refractivity contribution >= 4 is 62.4 Å². The first-order valence-corrected chi connectivity index (χ1v) is 11.9. The normalized spacial score (nSPS) is 16.8. The summed E-state index contributed by atoms with van der Waals surface area (Å²) >= 11 is 3.40. The predicted octanol–water partition coefficient (Wildman–Crippen LogP) is 5.29. The number of thioether (sulfide) groups is 1. The molecule has 0 radical (unpaired) electrons. The van der Waals surface area contributed by atoms with Gasteiger partial charge in [-0.2, -0.15) is 15.1 Å². The van der Waals surface area contributed by atoms with Crippen molar-refractivity contribution in [3.05, 3.63) is 62.5 Å². The van der Waals surface area contributed by atoms with Crippen molar-refractivity contribution in [1.82, 2.24) is 5.01 Å². The van der Waals surface area contributed by atoms with E-state index in [2.05, 4.69) is 32.7 Å². The van der Waals surface area contributed by atoms with Crippen LogP contribution >= 0.6 is 34.4 Å². The van der Waals surface area contributed by atoms with E-state index in [1.54, 1.807) is 36.4 Å². The van der Waals surface area contributed by atoms with E-state index < -0.39 is 5.91 Å². The number of carbonyl (C=O) groups excluding carboxylic acids is 1. The van der Waals surface area contributed by atoms with E-state index in [0.29, 0.717) is 31.4 Å². The second kappa shape index (κ2) is 9.64. The van der Waals surface area contributed by atoms with Crippen LogP contribution in [0.15, 0.2) is 52.1 Å². The summed E-state index contributed by atoms with van der Waals surface area (Å²) in [6.45, 7) is 4.04. The minimum absolute atomic E-state index is 0.0259. The summed E-state index contributed by atoms with van der Waals surface area (Å²) in [6.07, 6.45) is 1.59. The molecule has 0 spiro atoms. The Bertz CT molecular complexity index is 1240. The molecule has 0 aromatic heterocycles. The van der Waals surface area contributed by atoms with Gasteiger partial charge >= 0.3 is 0 Å². The minimum atomic E-state index is -0.493. The number of amides is 1. The molecule has 2 heterocycles. The number of methoxy groups -OCH3 is 1. The van der Waals surface area contributed by atoms with Gasteiger partial charge in [-0.1, -0.05) is 32.0 Å². The molecule has 170 valence electrons. The van der Waals surface area contributed by atoms with Crippen LogP contribution in [0.1, 0.15) is 25.0 Å². The number of hydrazone groups is 1. The van der Waals surface area contributed by atoms with Gasteiger partial charge in [-0.15, -0.1) is 0 Å².